The number of ether oxygens (including phenoxy) is 1. The van der Waals surface area contributed by atoms with Crippen molar-refractivity contribution in [1.29, 1.82) is 0 Å². The molecule has 28 heavy (non-hydrogen) atoms. The molecule has 0 spiro atoms. The largest absolute Gasteiger partial charge is 0.423 e. The third-order valence-corrected chi connectivity index (χ3v) is 6.17. The van der Waals surface area contributed by atoms with Crippen molar-refractivity contribution in [2.45, 2.75) is 16.3 Å². The molecule has 2 heterocycles. The molecule has 6 nitrogen and oxygen atoms in total. The predicted molar refractivity (Wildman–Crippen MR) is 101 cm³/mol. The Morgan fingerprint density at radius 1 is 1.00 bits per heavy atom. The molecule has 1 fully saturated rings. The lowest BCUT2D eigenvalue weighted by atomic mass is 10.2. The quantitative estimate of drug-likeness (QED) is 0.611. The Labute approximate surface area is 162 Å². The average Bonchev–Trinajstić information content (AvgIpc) is 3.14. The third kappa shape index (κ3) is 3.79. The number of nitrogens with zero attached hydrogens (tertiary/aromatic N) is 2. The zero-order valence-corrected chi connectivity index (χ0v) is 15.9. The maximum absolute atomic E-state index is 13.2. The number of oxazole rings is 1. The lowest BCUT2D eigenvalue weighted by molar-refractivity contribution is 0.120. The van der Waals surface area contributed by atoms with Gasteiger partial charge in [0.1, 0.15) is 5.82 Å². The smallest absolute Gasteiger partial charge is 0.236 e. The molecule has 4 rings (SSSR count). The topological polar surface area (TPSA) is 72.6 Å². The van der Waals surface area contributed by atoms with Crippen molar-refractivity contribution in [2.75, 3.05) is 31.2 Å². The Bertz CT molecular complexity index is 1040. The van der Waals surface area contributed by atoms with Crippen LogP contribution < -0.4 is 4.90 Å². The van der Waals surface area contributed by atoms with Crippen LogP contribution in [0.5, 0.6) is 0 Å². The van der Waals surface area contributed by atoms with Gasteiger partial charge in [-0.25, -0.2) is 12.8 Å². The van der Waals surface area contributed by atoms with Gasteiger partial charge in [-0.3, -0.25) is 0 Å². The van der Waals surface area contributed by atoms with E-state index in [0.717, 1.165) is 17.7 Å². The number of aromatic nitrogens is 1. The fraction of sp³-hybridized carbons (Fsp3) is 0.250. The van der Waals surface area contributed by atoms with Crippen molar-refractivity contribution >= 4 is 15.7 Å². The summed E-state index contributed by atoms with van der Waals surface area (Å²) in [5.41, 5.74) is 0.961. The molecule has 1 aliphatic rings. The lowest BCUT2D eigenvalue weighted by Gasteiger charge is -2.26. The molecule has 0 N–H and O–H groups in total. The van der Waals surface area contributed by atoms with Crippen molar-refractivity contribution in [3.8, 4) is 0 Å². The number of halogens is 1. The van der Waals surface area contributed by atoms with E-state index in [0.29, 0.717) is 38.6 Å². The monoisotopic (exact) mass is 402 g/mol. The predicted octanol–water partition coefficient (Wildman–Crippen LogP) is 3.07. The van der Waals surface area contributed by atoms with Crippen LogP contribution in [0.15, 0.2) is 68.9 Å². The fourth-order valence-electron chi connectivity index (χ4n) is 3.05. The van der Waals surface area contributed by atoms with E-state index in [2.05, 4.69) is 4.98 Å². The van der Waals surface area contributed by atoms with Crippen LogP contribution in [0.2, 0.25) is 0 Å². The Morgan fingerprint density at radius 3 is 2.36 bits per heavy atom. The molecule has 1 aromatic heterocycles. The zero-order valence-electron chi connectivity index (χ0n) is 15.0. The van der Waals surface area contributed by atoms with E-state index in [1.54, 1.807) is 0 Å². The first-order valence-electron chi connectivity index (χ1n) is 8.91. The van der Waals surface area contributed by atoms with E-state index in [-0.39, 0.29) is 15.8 Å². The average molecular weight is 402 g/mol. The minimum Gasteiger partial charge on any atom is -0.423 e. The number of rotatable bonds is 5. The Hall–Kier alpha value is -2.71. The Kier molecular flexibility index (Phi) is 5.15. The van der Waals surface area contributed by atoms with Gasteiger partial charge in [0, 0.05) is 19.5 Å². The molecule has 146 valence electrons. The highest BCUT2D eigenvalue weighted by Crippen LogP contribution is 2.32. The van der Waals surface area contributed by atoms with Crippen LogP contribution in [-0.4, -0.2) is 39.7 Å². The first-order valence-corrected chi connectivity index (χ1v) is 10.4. The van der Waals surface area contributed by atoms with Gasteiger partial charge in [0.25, 0.3) is 0 Å². The molecule has 0 saturated carbocycles. The molecule has 0 amide bonds. The minimum atomic E-state index is -3.96. The molecule has 1 aliphatic heterocycles. The summed E-state index contributed by atoms with van der Waals surface area (Å²) in [4.78, 5) is 6.12. The molecule has 8 heteroatoms. The molecule has 0 unspecified atom stereocenters. The van der Waals surface area contributed by atoms with E-state index < -0.39 is 15.7 Å². The highest BCUT2D eigenvalue weighted by Gasteiger charge is 2.31. The lowest BCUT2D eigenvalue weighted by Crippen LogP contribution is -2.36. The number of anilines is 1. The van der Waals surface area contributed by atoms with Crippen molar-refractivity contribution in [3.63, 3.8) is 0 Å². The van der Waals surface area contributed by atoms with Crippen LogP contribution in [0.25, 0.3) is 0 Å². The summed E-state index contributed by atoms with van der Waals surface area (Å²) in [7, 11) is -3.96. The van der Waals surface area contributed by atoms with Gasteiger partial charge >= 0.3 is 0 Å². The molecule has 1 saturated heterocycles. The van der Waals surface area contributed by atoms with Crippen LogP contribution >= 0.6 is 0 Å². The van der Waals surface area contributed by atoms with E-state index in [9.17, 15) is 12.8 Å². The van der Waals surface area contributed by atoms with Gasteiger partial charge in [-0.1, -0.05) is 30.3 Å². The normalized spacial score (nSPS) is 15.0. The van der Waals surface area contributed by atoms with Gasteiger partial charge in [-0.15, -0.1) is 0 Å². The highest BCUT2D eigenvalue weighted by molar-refractivity contribution is 7.91. The summed E-state index contributed by atoms with van der Waals surface area (Å²) in [6, 6.07) is 14.3. The van der Waals surface area contributed by atoms with Crippen LogP contribution in [0.3, 0.4) is 0 Å². The standard InChI is InChI=1S/C20H19FN2O4S/c21-16-6-8-17(9-7-16)28(24,25)19-20(23-10-12-26-13-11-23)27-18(22-19)14-15-4-2-1-3-5-15/h1-9H,10-14H2. The number of sulfone groups is 1. The van der Waals surface area contributed by atoms with Crippen LogP contribution in [0.1, 0.15) is 11.5 Å². The molecular formula is C20H19FN2O4S. The van der Waals surface area contributed by atoms with E-state index in [4.69, 9.17) is 9.15 Å². The summed E-state index contributed by atoms with van der Waals surface area (Å²) in [5.74, 6) is 0.0178. The SMILES string of the molecule is O=S(=O)(c1ccc(F)cc1)c1nc(Cc2ccccc2)oc1N1CCOCC1. The molecular weight excluding hydrogens is 383 g/mol. The summed E-state index contributed by atoms with van der Waals surface area (Å²) < 4.78 is 50.8. The Balaban J connectivity index is 1.76. The van der Waals surface area contributed by atoms with E-state index in [1.165, 1.54) is 12.1 Å². The summed E-state index contributed by atoms with van der Waals surface area (Å²) >= 11 is 0. The maximum Gasteiger partial charge on any atom is 0.236 e. The number of morpholine rings is 1. The molecule has 0 bridgehead atoms. The van der Waals surface area contributed by atoms with Gasteiger partial charge in [-0.2, -0.15) is 4.98 Å². The summed E-state index contributed by atoms with van der Waals surface area (Å²) in [6.45, 7) is 1.97. The molecule has 2 aromatic carbocycles. The molecule has 0 atom stereocenters. The number of hydrogen-bond acceptors (Lipinski definition) is 6. The Morgan fingerprint density at radius 2 is 1.68 bits per heavy atom. The first-order chi connectivity index (χ1) is 13.5. The third-order valence-electron chi connectivity index (χ3n) is 4.50. The summed E-state index contributed by atoms with van der Waals surface area (Å²) in [6.07, 6.45) is 0.372. The van der Waals surface area contributed by atoms with E-state index >= 15 is 0 Å². The molecule has 3 aromatic rings. The first kappa shape index (κ1) is 18.6. The van der Waals surface area contributed by atoms with E-state index in [1.807, 2.05) is 35.2 Å². The van der Waals surface area contributed by atoms with Crippen LogP contribution in [0.4, 0.5) is 10.3 Å². The maximum atomic E-state index is 13.2. The second-order valence-corrected chi connectivity index (χ2v) is 8.30. The molecule has 0 radical (unpaired) electrons. The number of benzene rings is 2. The van der Waals surface area contributed by atoms with Gasteiger partial charge in [-0.05, 0) is 29.8 Å². The summed E-state index contributed by atoms with van der Waals surface area (Å²) in [5, 5.41) is -0.146. The van der Waals surface area contributed by atoms with Crippen molar-refractivity contribution in [2.24, 2.45) is 0 Å². The van der Waals surface area contributed by atoms with Crippen molar-refractivity contribution in [3.05, 3.63) is 71.9 Å². The molecule has 0 aliphatic carbocycles. The number of hydrogen-bond donors (Lipinski definition) is 0. The van der Waals surface area contributed by atoms with Crippen LogP contribution in [-0.2, 0) is 21.0 Å². The van der Waals surface area contributed by atoms with Crippen molar-refractivity contribution in [1.82, 2.24) is 4.98 Å². The van der Waals surface area contributed by atoms with Gasteiger partial charge in [0.05, 0.1) is 18.1 Å². The second-order valence-electron chi connectivity index (χ2n) is 6.44. The second kappa shape index (κ2) is 7.73. The van der Waals surface area contributed by atoms with Crippen molar-refractivity contribution < 1.29 is 22.0 Å². The highest BCUT2D eigenvalue weighted by atomic mass is 32.2. The van der Waals surface area contributed by atoms with Gasteiger partial charge < -0.3 is 14.1 Å². The fourth-order valence-corrected chi connectivity index (χ4v) is 4.39. The van der Waals surface area contributed by atoms with Gasteiger partial charge in [0.15, 0.2) is 0 Å². The van der Waals surface area contributed by atoms with Crippen LogP contribution in [0, 0.1) is 5.82 Å². The minimum absolute atomic E-state index is 0.0250. The van der Waals surface area contributed by atoms with Gasteiger partial charge in [0.2, 0.25) is 26.6 Å². The zero-order chi connectivity index (χ0) is 19.6.